The molecular formula is C19H37IN6S. The van der Waals surface area contributed by atoms with Gasteiger partial charge >= 0.3 is 0 Å². The summed E-state index contributed by atoms with van der Waals surface area (Å²) in [6.45, 7) is 16.6. The molecule has 27 heavy (non-hydrogen) atoms. The quantitative estimate of drug-likeness (QED) is 0.199. The van der Waals surface area contributed by atoms with Gasteiger partial charge in [0.05, 0.1) is 0 Å². The second-order valence-corrected chi connectivity index (χ2v) is 9.49. The first-order chi connectivity index (χ1) is 12.1. The maximum atomic E-state index is 4.49. The average molecular weight is 509 g/mol. The van der Waals surface area contributed by atoms with E-state index in [0.29, 0.717) is 11.3 Å². The number of rotatable bonds is 7. The van der Waals surface area contributed by atoms with Crippen LogP contribution in [-0.2, 0) is 13.0 Å². The summed E-state index contributed by atoms with van der Waals surface area (Å²) in [5.74, 6) is 2.68. The first kappa shape index (κ1) is 24.5. The Hall–Kier alpha value is -0.510. The minimum atomic E-state index is 0. The van der Waals surface area contributed by atoms with Gasteiger partial charge < -0.3 is 14.8 Å². The van der Waals surface area contributed by atoms with Gasteiger partial charge in [-0.15, -0.1) is 34.2 Å². The lowest BCUT2D eigenvalue weighted by atomic mass is 9.65. The molecule has 2 heterocycles. The summed E-state index contributed by atoms with van der Waals surface area (Å²) >= 11 is 1.67. The third-order valence-corrected chi connectivity index (χ3v) is 6.40. The number of likely N-dealkylation sites (tertiary alicyclic amines) is 1. The molecule has 0 atom stereocenters. The van der Waals surface area contributed by atoms with Crippen LogP contribution >= 0.6 is 35.7 Å². The van der Waals surface area contributed by atoms with E-state index in [0.717, 1.165) is 49.4 Å². The molecule has 1 N–H and O–H groups in total. The minimum Gasteiger partial charge on any atom is -0.356 e. The monoisotopic (exact) mass is 508 g/mol. The van der Waals surface area contributed by atoms with Gasteiger partial charge in [0.15, 0.2) is 11.1 Å². The Morgan fingerprint density at radius 3 is 2.41 bits per heavy atom. The van der Waals surface area contributed by atoms with Crippen molar-refractivity contribution in [1.82, 2.24) is 25.0 Å². The Balaban J connectivity index is 0.00000364. The van der Waals surface area contributed by atoms with Gasteiger partial charge in [0.25, 0.3) is 0 Å². The second kappa shape index (κ2) is 9.80. The highest BCUT2D eigenvalue weighted by atomic mass is 127. The largest absolute Gasteiger partial charge is 0.356 e. The molecule has 1 saturated heterocycles. The lowest BCUT2D eigenvalue weighted by Crippen LogP contribution is -2.72. The van der Waals surface area contributed by atoms with Gasteiger partial charge in [-0.3, -0.25) is 4.99 Å². The van der Waals surface area contributed by atoms with Crippen LogP contribution in [0.4, 0.5) is 0 Å². The summed E-state index contributed by atoms with van der Waals surface area (Å²) < 4.78 is 2.27. The van der Waals surface area contributed by atoms with Crippen LogP contribution in [0.3, 0.4) is 0 Å². The summed E-state index contributed by atoms with van der Waals surface area (Å²) in [6.07, 6.45) is 4.01. The van der Waals surface area contributed by atoms with Crippen molar-refractivity contribution >= 4 is 41.7 Å². The average Bonchev–Trinajstić information content (AvgIpc) is 2.94. The van der Waals surface area contributed by atoms with Crippen LogP contribution in [0.15, 0.2) is 10.1 Å². The van der Waals surface area contributed by atoms with Gasteiger partial charge in [0.1, 0.15) is 5.82 Å². The van der Waals surface area contributed by atoms with E-state index in [1.807, 2.05) is 7.05 Å². The van der Waals surface area contributed by atoms with E-state index in [2.05, 4.69) is 77.8 Å². The number of aromatic nitrogens is 3. The molecule has 2 rings (SSSR count). The van der Waals surface area contributed by atoms with Gasteiger partial charge in [-0.05, 0) is 32.4 Å². The predicted octanol–water partition coefficient (Wildman–Crippen LogP) is 3.90. The number of aryl methyl sites for hydroxylation is 1. The molecule has 156 valence electrons. The zero-order chi connectivity index (χ0) is 19.5. The molecule has 0 aromatic carbocycles. The molecule has 1 aliphatic rings. The molecular weight excluding hydrogens is 471 g/mol. The fourth-order valence-electron chi connectivity index (χ4n) is 3.35. The van der Waals surface area contributed by atoms with Crippen LogP contribution in [0.5, 0.6) is 0 Å². The number of aliphatic imine (C=N–C) groups is 1. The topological polar surface area (TPSA) is 58.3 Å². The highest BCUT2D eigenvalue weighted by molar-refractivity contribution is 14.0. The van der Waals surface area contributed by atoms with E-state index in [4.69, 9.17) is 0 Å². The number of hydrogen-bond donors (Lipinski definition) is 1. The smallest absolute Gasteiger partial charge is 0.194 e. The van der Waals surface area contributed by atoms with Crippen molar-refractivity contribution in [2.75, 3.05) is 26.4 Å². The molecule has 0 saturated carbocycles. The van der Waals surface area contributed by atoms with E-state index in [1.54, 1.807) is 11.8 Å². The van der Waals surface area contributed by atoms with Crippen molar-refractivity contribution in [3.63, 3.8) is 0 Å². The summed E-state index contributed by atoms with van der Waals surface area (Å²) in [4.78, 5) is 6.86. The van der Waals surface area contributed by atoms with Crippen molar-refractivity contribution < 1.29 is 0 Å². The fourth-order valence-corrected chi connectivity index (χ4v) is 3.87. The number of hydrogen-bond acceptors (Lipinski definition) is 4. The van der Waals surface area contributed by atoms with Gasteiger partial charge in [0, 0.05) is 44.1 Å². The lowest BCUT2D eigenvalue weighted by Gasteiger charge is -2.62. The highest BCUT2D eigenvalue weighted by Gasteiger charge is 2.53. The van der Waals surface area contributed by atoms with Crippen LogP contribution in [0.25, 0.3) is 0 Å². The first-order valence-electron chi connectivity index (χ1n) is 9.58. The molecule has 1 aromatic rings. The number of nitrogens with one attached hydrogen (secondary N) is 1. The van der Waals surface area contributed by atoms with Crippen molar-refractivity contribution in [2.24, 2.45) is 16.3 Å². The van der Waals surface area contributed by atoms with Crippen LogP contribution in [0.2, 0.25) is 0 Å². The molecule has 0 radical (unpaired) electrons. The number of nitrogens with zero attached hydrogens (tertiary/aromatic N) is 5. The molecule has 8 heteroatoms. The van der Waals surface area contributed by atoms with Crippen LogP contribution in [0.1, 0.15) is 53.8 Å². The summed E-state index contributed by atoms with van der Waals surface area (Å²) in [5, 5.41) is 13.3. The van der Waals surface area contributed by atoms with Crippen molar-refractivity contribution in [3.8, 4) is 0 Å². The van der Waals surface area contributed by atoms with E-state index in [9.17, 15) is 0 Å². The van der Waals surface area contributed by atoms with E-state index < -0.39 is 0 Å². The maximum absolute atomic E-state index is 4.49. The van der Waals surface area contributed by atoms with Gasteiger partial charge in [-0.1, -0.05) is 39.5 Å². The Morgan fingerprint density at radius 2 is 1.93 bits per heavy atom. The molecule has 1 aromatic heterocycles. The van der Waals surface area contributed by atoms with Crippen LogP contribution < -0.4 is 5.32 Å². The van der Waals surface area contributed by atoms with Gasteiger partial charge in [0.2, 0.25) is 0 Å². The van der Waals surface area contributed by atoms with Crippen LogP contribution in [-0.4, -0.2) is 57.6 Å². The Morgan fingerprint density at radius 1 is 1.26 bits per heavy atom. The Kier molecular flexibility index (Phi) is 8.91. The molecule has 0 aliphatic carbocycles. The molecule has 1 fully saturated rings. The predicted molar refractivity (Wildman–Crippen MR) is 126 cm³/mol. The molecule has 0 bridgehead atoms. The molecule has 6 nitrogen and oxygen atoms in total. The van der Waals surface area contributed by atoms with E-state index in [1.165, 1.54) is 0 Å². The molecule has 1 aliphatic heterocycles. The number of guanidine groups is 1. The molecule has 0 unspecified atom stereocenters. The lowest BCUT2D eigenvalue weighted by molar-refractivity contribution is -0.0667. The van der Waals surface area contributed by atoms with Crippen molar-refractivity contribution in [1.29, 1.82) is 0 Å². The van der Waals surface area contributed by atoms with Crippen molar-refractivity contribution in [2.45, 2.75) is 71.6 Å². The zero-order valence-corrected chi connectivity index (χ0v) is 21.3. The first-order valence-corrected chi connectivity index (χ1v) is 10.8. The summed E-state index contributed by atoms with van der Waals surface area (Å²) in [6, 6.07) is 0. The second-order valence-electron chi connectivity index (χ2n) is 8.71. The van der Waals surface area contributed by atoms with Crippen molar-refractivity contribution in [3.05, 3.63) is 5.82 Å². The Labute approximate surface area is 186 Å². The standard InChI is InChI=1S/C19H36N6S.HI/c1-14(2)12-24-15(22-23-17(24)26-8)10-9-11-21-16(20-7)25-13-18(3,4)19(25,5)6;/h14H,9-13H2,1-8H3,(H,20,21);1H. The summed E-state index contributed by atoms with van der Waals surface area (Å²) in [7, 11) is 1.87. The number of halogens is 1. The molecule has 0 spiro atoms. The van der Waals surface area contributed by atoms with E-state index in [-0.39, 0.29) is 29.5 Å². The third-order valence-electron chi connectivity index (χ3n) is 5.74. The normalized spacial score (nSPS) is 18.3. The Bertz CT molecular complexity index is 638. The van der Waals surface area contributed by atoms with Crippen LogP contribution in [0, 0.1) is 11.3 Å². The minimum absolute atomic E-state index is 0. The zero-order valence-electron chi connectivity index (χ0n) is 18.2. The highest BCUT2D eigenvalue weighted by Crippen LogP contribution is 2.46. The summed E-state index contributed by atoms with van der Waals surface area (Å²) in [5.41, 5.74) is 0.436. The maximum Gasteiger partial charge on any atom is 0.194 e. The van der Waals surface area contributed by atoms with Gasteiger partial charge in [-0.25, -0.2) is 0 Å². The molecule has 0 amide bonds. The SMILES string of the molecule is CN=C(NCCCc1nnc(SC)n1CC(C)C)N1CC(C)(C)C1(C)C.I. The van der Waals surface area contributed by atoms with E-state index >= 15 is 0 Å². The van der Waals surface area contributed by atoms with Gasteiger partial charge in [-0.2, -0.15) is 0 Å². The number of thioether (sulfide) groups is 1. The fraction of sp³-hybridized carbons (Fsp3) is 0.842. The third kappa shape index (κ3) is 5.31.